The summed E-state index contributed by atoms with van der Waals surface area (Å²) in [5.74, 6) is -0.798. The highest BCUT2D eigenvalue weighted by atomic mass is 16.6. The summed E-state index contributed by atoms with van der Waals surface area (Å²) in [5, 5.41) is 2.87. The maximum Gasteiger partial charge on any atom is 0.410 e. The lowest BCUT2D eigenvalue weighted by Gasteiger charge is -2.33. The van der Waals surface area contributed by atoms with Crippen molar-refractivity contribution in [3.8, 4) is 0 Å². The van der Waals surface area contributed by atoms with Gasteiger partial charge in [-0.05, 0) is 51.3 Å². The number of carbonyl (C=O) groups is 3. The third kappa shape index (κ3) is 6.06. The summed E-state index contributed by atoms with van der Waals surface area (Å²) in [6.45, 7) is 6.41. The molecule has 0 bridgehead atoms. The molecule has 1 fully saturated rings. The summed E-state index contributed by atoms with van der Waals surface area (Å²) in [5.41, 5.74) is 6.05. The number of rotatable bonds is 4. The zero-order valence-electron chi connectivity index (χ0n) is 15.6. The first-order valence-corrected chi connectivity index (χ1v) is 8.80. The van der Waals surface area contributed by atoms with E-state index in [1.807, 2.05) is 20.8 Å². The van der Waals surface area contributed by atoms with Gasteiger partial charge in [0.25, 0.3) is 0 Å². The fourth-order valence-corrected chi connectivity index (χ4v) is 2.83. The molecule has 1 aliphatic heterocycles. The Morgan fingerprint density at radius 2 is 1.88 bits per heavy atom. The van der Waals surface area contributed by atoms with Gasteiger partial charge in [0.15, 0.2) is 0 Å². The van der Waals surface area contributed by atoms with Crippen LogP contribution in [0.25, 0.3) is 0 Å². The minimum atomic E-state index is -0.557. The molecule has 0 aliphatic carbocycles. The normalized spacial score (nSPS) is 17.5. The zero-order valence-corrected chi connectivity index (χ0v) is 15.6. The molecule has 0 aromatic heterocycles. The zero-order chi connectivity index (χ0) is 19.3. The van der Waals surface area contributed by atoms with Gasteiger partial charge in [-0.2, -0.15) is 0 Å². The topological polar surface area (TPSA) is 102 Å². The number of carbonyl (C=O) groups excluding carboxylic acids is 3. The number of amides is 3. The number of primary amides is 1. The Balaban J connectivity index is 1.92. The number of piperidine rings is 1. The molecule has 0 saturated carbocycles. The van der Waals surface area contributed by atoms with Crippen molar-refractivity contribution < 1.29 is 19.1 Å². The summed E-state index contributed by atoms with van der Waals surface area (Å²) in [6, 6.07) is 7.00. The number of benzene rings is 1. The van der Waals surface area contributed by atoms with Crippen molar-refractivity contribution in [3.05, 3.63) is 29.8 Å². The van der Waals surface area contributed by atoms with Crippen LogP contribution in [-0.4, -0.2) is 41.5 Å². The largest absolute Gasteiger partial charge is 0.444 e. The van der Waals surface area contributed by atoms with Crippen molar-refractivity contribution in [2.24, 2.45) is 11.7 Å². The number of likely N-dealkylation sites (tertiary alicyclic amines) is 1. The molecule has 0 radical (unpaired) electrons. The minimum absolute atomic E-state index is 0.124. The lowest BCUT2D eigenvalue weighted by atomic mass is 9.97. The molecule has 1 unspecified atom stereocenters. The van der Waals surface area contributed by atoms with E-state index in [1.54, 1.807) is 29.2 Å². The van der Waals surface area contributed by atoms with Gasteiger partial charge < -0.3 is 20.7 Å². The summed E-state index contributed by atoms with van der Waals surface area (Å²) in [4.78, 5) is 37.2. The molecular weight excluding hydrogens is 334 g/mol. The smallest absolute Gasteiger partial charge is 0.410 e. The van der Waals surface area contributed by atoms with Gasteiger partial charge in [0.2, 0.25) is 11.8 Å². The maximum atomic E-state index is 12.5. The third-order valence-electron chi connectivity index (χ3n) is 4.04. The van der Waals surface area contributed by atoms with Crippen LogP contribution in [0.3, 0.4) is 0 Å². The number of anilines is 1. The van der Waals surface area contributed by atoms with Crippen molar-refractivity contribution in [1.82, 2.24) is 4.90 Å². The van der Waals surface area contributed by atoms with Crippen molar-refractivity contribution in [2.75, 3.05) is 18.4 Å². The molecule has 26 heavy (non-hydrogen) atoms. The summed E-state index contributed by atoms with van der Waals surface area (Å²) >= 11 is 0. The second-order valence-electron chi connectivity index (χ2n) is 7.59. The van der Waals surface area contributed by atoms with Crippen molar-refractivity contribution >= 4 is 23.6 Å². The number of hydrogen-bond acceptors (Lipinski definition) is 4. The van der Waals surface area contributed by atoms with Crippen LogP contribution in [0.2, 0.25) is 0 Å². The van der Waals surface area contributed by atoms with E-state index in [-0.39, 0.29) is 24.3 Å². The Morgan fingerprint density at radius 3 is 2.46 bits per heavy atom. The van der Waals surface area contributed by atoms with Crippen LogP contribution in [0, 0.1) is 5.92 Å². The Morgan fingerprint density at radius 1 is 1.23 bits per heavy atom. The van der Waals surface area contributed by atoms with E-state index in [2.05, 4.69) is 5.32 Å². The number of nitrogens with one attached hydrogen (secondary N) is 1. The highest BCUT2D eigenvalue weighted by molar-refractivity contribution is 5.93. The Labute approximate surface area is 153 Å². The second-order valence-corrected chi connectivity index (χ2v) is 7.59. The number of ether oxygens (including phenoxy) is 1. The number of nitrogens with zero attached hydrogens (tertiary/aromatic N) is 1. The Kier molecular flexibility index (Phi) is 6.23. The van der Waals surface area contributed by atoms with Gasteiger partial charge in [-0.3, -0.25) is 9.59 Å². The molecule has 3 N–H and O–H groups in total. The molecule has 3 amide bonds. The minimum Gasteiger partial charge on any atom is -0.444 e. The molecule has 1 aromatic carbocycles. The first-order chi connectivity index (χ1) is 12.1. The van der Waals surface area contributed by atoms with E-state index in [4.69, 9.17) is 10.5 Å². The molecule has 1 aliphatic rings. The molecule has 142 valence electrons. The molecule has 7 heteroatoms. The molecule has 1 saturated heterocycles. The predicted octanol–water partition coefficient (Wildman–Crippen LogP) is 2.30. The fourth-order valence-electron chi connectivity index (χ4n) is 2.83. The van der Waals surface area contributed by atoms with Crippen LogP contribution in [0.1, 0.15) is 39.2 Å². The Bertz CT molecular complexity index is 664. The molecule has 1 aromatic rings. The number of nitrogens with two attached hydrogens (primary N) is 1. The Hall–Kier alpha value is -2.57. The standard InChI is InChI=1S/C19H27N3O4/c1-19(2,3)26-18(25)22-10-4-5-14(12-22)17(24)21-15-8-6-13(7-9-15)11-16(20)23/h6-9,14H,4-5,10-12H2,1-3H3,(H2,20,23)(H,21,24). The average molecular weight is 361 g/mol. The van der Waals surface area contributed by atoms with Crippen LogP contribution >= 0.6 is 0 Å². The van der Waals surface area contributed by atoms with E-state index in [0.29, 0.717) is 18.8 Å². The van der Waals surface area contributed by atoms with Gasteiger partial charge in [-0.1, -0.05) is 12.1 Å². The highest BCUT2D eigenvalue weighted by Crippen LogP contribution is 2.21. The average Bonchev–Trinajstić information content (AvgIpc) is 2.55. The predicted molar refractivity (Wildman–Crippen MR) is 98.5 cm³/mol. The van der Waals surface area contributed by atoms with Gasteiger partial charge in [0.05, 0.1) is 12.3 Å². The lowest BCUT2D eigenvalue weighted by Crippen LogP contribution is -2.45. The van der Waals surface area contributed by atoms with Crippen LogP contribution in [0.15, 0.2) is 24.3 Å². The van der Waals surface area contributed by atoms with Crippen LogP contribution in [0.5, 0.6) is 0 Å². The summed E-state index contributed by atoms with van der Waals surface area (Å²) < 4.78 is 5.39. The molecule has 1 heterocycles. The summed E-state index contributed by atoms with van der Waals surface area (Å²) in [6.07, 6.45) is 1.27. The van der Waals surface area contributed by atoms with Crippen LogP contribution in [0.4, 0.5) is 10.5 Å². The summed E-state index contributed by atoms with van der Waals surface area (Å²) in [7, 11) is 0. The van der Waals surface area contributed by atoms with Gasteiger partial charge in [0.1, 0.15) is 5.60 Å². The molecule has 7 nitrogen and oxygen atoms in total. The van der Waals surface area contributed by atoms with Crippen molar-refractivity contribution in [3.63, 3.8) is 0 Å². The first kappa shape index (κ1) is 19.8. The fraction of sp³-hybridized carbons (Fsp3) is 0.526. The van der Waals surface area contributed by atoms with Gasteiger partial charge in [-0.15, -0.1) is 0 Å². The van der Waals surface area contributed by atoms with E-state index in [0.717, 1.165) is 18.4 Å². The monoisotopic (exact) mass is 361 g/mol. The lowest BCUT2D eigenvalue weighted by molar-refractivity contribution is -0.121. The van der Waals surface area contributed by atoms with E-state index in [1.165, 1.54) is 0 Å². The van der Waals surface area contributed by atoms with Gasteiger partial charge in [0, 0.05) is 18.8 Å². The van der Waals surface area contributed by atoms with E-state index < -0.39 is 11.5 Å². The molecule has 0 spiro atoms. The highest BCUT2D eigenvalue weighted by Gasteiger charge is 2.31. The molecule has 1 atom stereocenters. The first-order valence-electron chi connectivity index (χ1n) is 8.80. The third-order valence-corrected chi connectivity index (χ3v) is 4.04. The van der Waals surface area contributed by atoms with Gasteiger partial charge in [-0.25, -0.2) is 4.79 Å². The van der Waals surface area contributed by atoms with Crippen molar-refractivity contribution in [1.29, 1.82) is 0 Å². The maximum absolute atomic E-state index is 12.5. The molecule has 2 rings (SSSR count). The SMILES string of the molecule is CC(C)(C)OC(=O)N1CCCC(C(=O)Nc2ccc(CC(N)=O)cc2)C1. The quantitative estimate of drug-likeness (QED) is 0.859. The van der Waals surface area contributed by atoms with Crippen LogP contribution in [-0.2, 0) is 20.7 Å². The van der Waals surface area contributed by atoms with Crippen LogP contribution < -0.4 is 11.1 Å². The van der Waals surface area contributed by atoms with Crippen molar-refractivity contribution in [2.45, 2.75) is 45.6 Å². The van der Waals surface area contributed by atoms with E-state index >= 15 is 0 Å². The second kappa shape index (κ2) is 8.21. The van der Waals surface area contributed by atoms with E-state index in [9.17, 15) is 14.4 Å². The number of hydrogen-bond donors (Lipinski definition) is 2. The molecular formula is C19H27N3O4. The van der Waals surface area contributed by atoms with Gasteiger partial charge >= 0.3 is 6.09 Å².